The topological polar surface area (TPSA) is 123 Å². The molecule has 0 radical (unpaired) electrons. The highest BCUT2D eigenvalue weighted by Crippen LogP contribution is 2.36. The molecular weight excluding hydrogens is 625 g/mol. The van der Waals surface area contributed by atoms with E-state index in [-0.39, 0.29) is 33.6 Å². The van der Waals surface area contributed by atoms with E-state index in [1.807, 2.05) is 42.0 Å². The van der Waals surface area contributed by atoms with Crippen molar-refractivity contribution in [3.63, 3.8) is 0 Å². The molecule has 4 aromatic rings. The molecule has 2 aromatic heterocycles. The third-order valence-corrected chi connectivity index (χ3v) is 9.16. The van der Waals surface area contributed by atoms with Crippen LogP contribution in [0.3, 0.4) is 0 Å². The first-order valence-electron chi connectivity index (χ1n) is 15.1. The van der Waals surface area contributed by atoms with E-state index in [0.717, 1.165) is 42.2 Å². The summed E-state index contributed by atoms with van der Waals surface area (Å²) in [6.45, 7) is 3.95. The Morgan fingerprint density at radius 2 is 1.93 bits per heavy atom. The van der Waals surface area contributed by atoms with E-state index in [9.17, 15) is 24.6 Å². The lowest BCUT2D eigenvalue weighted by atomic mass is 10.0. The number of hydrogen-bond acceptors (Lipinski definition) is 10. The summed E-state index contributed by atoms with van der Waals surface area (Å²) in [5.41, 5.74) is 1.73. The van der Waals surface area contributed by atoms with Crippen LogP contribution < -0.4 is 10.2 Å². The molecule has 2 unspecified atom stereocenters. The molecular formula is C36H38O8S2. The number of unbranched alkanes of at least 4 members (excludes halogenated alkanes) is 2. The molecule has 2 N–H and O–H groups in total. The van der Waals surface area contributed by atoms with Gasteiger partial charge >= 0.3 is 5.97 Å². The van der Waals surface area contributed by atoms with Crippen molar-refractivity contribution in [2.24, 2.45) is 0 Å². The number of benzene rings is 2. The number of rotatable bonds is 16. The van der Waals surface area contributed by atoms with E-state index in [0.29, 0.717) is 35.3 Å². The molecule has 2 atom stereocenters. The number of esters is 1. The molecule has 0 bridgehead atoms. The SMILES string of the molecule is CCCc1c(OCCCC/C=C\C=C\C(Sc2ccc3c(=O)cc(C(=O)OC)oc3c2)C(O)c2ccsc2)ccc(C(C)=O)c1O. The van der Waals surface area contributed by atoms with Gasteiger partial charge < -0.3 is 24.1 Å². The highest BCUT2D eigenvalue weighted by molar-refractivity contribution is 8.00. The number of phenols is 1. The number of carbonyl (C=O) groups is 2. The van der Waals surface area contributed by atoms with Gasteiger partial charge in [0.05, 0.1) is 36.0 Å². The summed E-state index contributed by atoms with van der Waals surface area (Å²) in [6, 6.07) is 11.5. The third-order valence-electron chi connectivity index (χ3n) is 7.25. The van der Waals surface area contributed by atoms with Gasteiger partial charge in [0.15, 0.2) is 11.2 Å². The molecule has 0 fully saturated rings. The summed E-state index contributed by atoms with van der Waals surface area (Å²) in [5.74, 6) is -0.438. The van der Waals surface area contributed by atoms with Crippen molar-refractivity contribution in [1.29, 1.82) is 0 Å². The largest absolute Gasteiger partial charge is 0.507 e. The highest BCUT2D eigenvalue weighted by Gasteiger charge is 2.21. The molecule has 0 spiro atoms. The first kappa shape index (κ1) is 34.7. The molecule has 0 amide bonds. The van der Waals surface area contributed by atoms with E-state index in [2.05, 4.69) is 6.08 Å². The lowest BCUT2D eigenvalue weighted by Crippen LogP contribution is -2.12. The van der Waals surface area contributed by atoms with Gasteiger partial charge in [0.2, 0.25) is 5.76 Å². The molecule has 10 heteroatoms. The maximum absolute atomic E-state index is 12.5. The Balaban J connectivity index is 1.36. The van der Waals surface area contributed by atoms with Gasteiger partial charge in [-0.25, -0.2) is 4.79 Å². The van der Waals surface area contributed by atoms with Crippen molar-refractivity contribution >= 4 is 45.8 Å². The average Bonchev–Trinajstić information content (AvgIpc) is 3.59. The number of aliphatic hydroxyl groups excluding tert-OH is 1. The number of carbonyl (C=O) groups excluding carboxylic acids is 2. The molecule has 2 heterocycles. The fraction of sp³-hybridized carbons (Fsp3) is 0.306. The van der Waals surface area contributed by atoms with E-state index in [1.54, 1.807) is 30.3 Å². The Kier molecular flexibility index (Phi) is 12.8. The lowest BCUT2D eigenvalue weighted by molar-refractivity contribution is 0.0565. The number of methoxy groups -OCH3 is 1. The second kappa shape index (κ2) is 17.0. The quantitative estimate of drug-likeness (QED) is 0.0403. The minimum absolute atomic E-state index is 0.0158. The molecule has 4 rings (SSSR count). The van der Waals surface area contributed by atoms with E-state index < -0.39 is 12.1 Å². The number of hydrogen-bond donors (Lipinski definition) is 2. The Hall–Kier alpha value is -4.12. The van der Waals surface area contributed by atoms with Gasteiger partial charge in [-0.1, -0.05) is 37.6 Å². The normalized spacial score (nSPS) is 13.0. The zero-order valence-electron chi connectivity index (χ0n) is 26.1. The Morgan fingerprint density at radius 3 is 2.65 bits per heavy atom. The average molecular weight is 663 g/mol. The number of phenolic OH excluding ortho intramolecular Hbond substituents is 1. The van der Waals surface area contributed by atoms with Crippen LogP contribution in [0.4, 0.5) is 0 Å². The van der Waals surface area contributed by atoms with Gasteiger partial charge in [-0.15, -0.1) is 11.8 Å². The Morgan fingerprint density at radius 1 is 1.11 bits per heavy atom. The molecule has 0 aliphatic rings. The van der Waals surface area contributed by atoms with Crippen LogP contribution in [0.25, 0.3) is 11.0 Å². The molecule has 242 valence electrons. The number of allylic oxidation sites excluding steroid dienone is 3. The van der Waals surface area contributed by atoms with Crippen LogP contribution in [-0.2, 0) is 11.2 Å². The van der Waals surface area contributed by atoms with E-state index in [1.165, 1.54) is 37.1 Å². The number of aromatic hydroxyl groups is 1. The van der Waals surface area contributed by atoms with Crippen LogP contribution in [0.15, 0.2) is 91.6 Å². The molecule has 46 heavy (non-hydrogen) atoms. The smallest absolute Gasteiger partial charge is 0.374 e. The van der Waals surface area contributed by atoms with Gasteiger partial charge in [0.25, 0.3) is 0 Å². The summed E-state index contributed by atoms with van der Waals surface area (Å²) in [5, 5.41) is 25.5. The number of aliphatic hydroxyl groups is 1. The summed E-state index contributed by atoms with van der Waals surface area (Å²) in [7, 11) is 1.22. The maximum atomic E-state index is 12.5. The number of fused-ring (bicyclic) bond motifs is 1. The highest BCUT2D eigenvalue weighted by atomic mass is 32.2. The summed E-state index contributed by atoms with van der Waals surface area (Å²) < 4.78 is 16.3. The minimum Gasteiger partial charge on any atom is -0.507 e. The van der Waals surface area contributed by atoms with Crippen LogP contribution in [0, 0.1) is 0 Å². The zero-order valence-corrected chi connectivity index (χ0v) is 27.7. The van der Waals surface area contributed by atoms with Gasteiger partial charge in [-0.3, -0.25) is 9.59 Å². The predicted octanol–water partition coefficient (Wildman–Crippen LogP) is 8.06. The van der Waals surface area contributed by atoms with Crippen LogP contribution in [0.1, 0.15) is 77.7 Å². The molecule has 0 saturated heterocycles. The first-order valence-corrected chi connectivity index (χ1v) is 16.9. The molecule has 0 saturated carbocycles. The summed E-state index contributed by atoms with van der Waals surface area (Å²) >= 11 is 2.93. The molecule has 0 aliphatic heterocycles. The van der Waals surface area contributed by atoms with Gasteiger partial charge in [0.1, 0.15) is 17.1 Å². The second-order valence-electron chi connectivity index (χ2n) is 10.6. The number of thiophene rings is 1. The molecule has 0 aliphatic carbocycles. The first-order chi connectivity index (χ1) is 22.2. The Bertz CT molecular complexity index is 1750. The van der Waals surface area contributed by atoms with Crippen LogP contribution in [-0.4, -0.2) is 40.9 Å². The maximum Gasteiger partial charge on any atom is 0.374 e. The summed E-state index contributed by atoms with van der Waals surface area (Å²) in [4.78, 5) is 37.0. The molecule has 2 aromatic carbocycles. The van der Waals surface area contributed by atoms with Gasteiger partial charge in [-0.2, -0.15) is 11.3 Å². The van der Waals surface area contributed by atoms with Crippen molar-refractivity contribution in [2.75, 3.05) is 13.7 Å². The molecule has 8 nitrogen and oxygen atoms in total. The van der Waals surface area contributed by atoms with Gasteiger partial charge in [-0.05, 0) is 85.3 Å². The number of thioether (sulfide) groups is 1. The predicted molar refractivity (Wildman–Crippen MR) is 182 cm³/mol. The lowest BCUT2D eigenvalue weighted by Gasteiger charge is -2.19. The van der Waals surface area contributed by atoms with Crippen molar-refractivity contribution in [3.8, 4) is 11.5 Å². The van der Waals surface area contributed by atoms with Crippen LogP contribution in [0.5, 0.6) is 11.5 Å². The standard InChI is InChI=1S/C36H38O8S2/c1-4-11-28-30(16-15-26(23(2)37)35(28)40)43-18-10-8-6-5-7-9-12-33(34(39)24-17-19-45-22-24)46-25-13-14-27-29(38)21-32(36(41)42-3)44-31(27)20-25/h5,7,9,12-17,19-22,33-34,39-40H,4,6,8,10-11,18H2,1-3H3/b7-5-,12-9+. The van der Waals surface area contributed by atoms with Crippen molar-refractivity contribution in [3.05, 3.63) is 110 Å². The van der Waals surface area contributed by atoms with Crippen LogP contribution >= 0.6 is 23.1 Å². The number of ketones is 1. The summed E-state index contributed by atoms with van der Waals surface area (Å²) in [6.07, 6.45) is 11.1. The Labute approximate surface area is 276 Å². The van der Waals surface area contributed by atoms with Crippen molar-refractivity contribution in [2.45, 2.75) is 62.2 Å². The van der Waals surface area contributed by atoms with Crippen molar-refractivity contribution in [1.82, 2.24) is 0 Å². The van der Waals surface area contributed by atoms with Gasteiger partial charge in [0, 0.05) is 16.5 Å². The van der Waals surface area contributed by atoms with E-state index in [4.69, 9.17) is 13.9 Å². The fourth-order valence-electron chi connectivity index (χ4n) is 4.83. The number of Topliss-reactive ketones (excluding diaryl/α,β-unsaturated/α-hetero) is 1. The number of ether oxygens (including phenoxy) is 2. The second-order valence-corrected chi connectivity index (χ2v) is 12.6. The minimum atomic E-state index is -0.774. The zero-order chi connectivity index (χ0) is 33.1. The van der Waals surface area contributed by atoms with Crippen LogP contribution in [0.2, 0.25) is 0 Å². The fourth-order valence-corrected chi connectivity index (χ4v) is 6.61. The van der Waals surface area contributed by atoms with E-state index >= 15 is 0 Å². The third kappa shape index (κ3) is 8.99. The monoisotopic (exact) mass is 662 g/mol. The van der Waals surface area contributed by atoms with Crippen molar-refractivity contribution < 1.29 is 33.7 Å².